The predicted octanol–water partition coefficient (Wildman–Crippen LogP) is 4.01. The Morgan fingerprint density at radius 2 is 1.94 bits per heavy atom. The van der Waals surface area contributed by atoms with E-state index in [-0.39, 0.29) is 11.2 Å². The Hall–Kier alpha value is -1.31. The van der Waals surface area contributed by atoms with Gasteiger partial charge in [0.25, 0.3) is 0 Å². The zero-order valence-electron chi connectivity index (χ0n) is 11.5. The minimum atomic E-state index is 0.00428. The lowest BCUT2D eigenvalue weighted by atomic mass is 9.87. The molecule has 0 saturated heterocycles. The summed E-state index contributed by atoms with van der Waals surface area (Å²) in [6, 6.07) is 5.77. The van der Waals surface area contributed by atoms with Gasteiger partial charge in [0.05, 0.1) is 12.2 Å². The van der Waals surface area contributed by atoms with Crippen molar-refractivity contribution in [1.82, 2.24) is 0 Å². The van der Waals surface area contributed by atoms with Crippen LogP contribution in [0.4, 0.5) is 0 Å². The van der Waals surface area contributed by atoms with Crippen LogP contribution in [0, 0.1) is 12.3 Å². The molecule has 2 heteroatoms. The van der Waals surface area contributed by atoms with Gasteiger partial charge in [-0.25, -0.2) is 0 Å². The third-order valence-corrected chi connectivity index (χ3v) is 2.43. The van der Waals surface area contributed by atoms with Gasteiger partial charge >= 0.3 is 0 Å². The highest BCUT2D eigenvalue weighted by atomic mass is 16.5. The maximum absolute atomic E-state index is 12.2. The van der Waals surface area contributed by atoms with E-state index < -0.39 is 0 Å². The van der Waals surface area contributed by atoms with Crippen LogP contribution < -0.4 is 4.74 Å². The fraction of sp³-hybridized carbons (Fsp3) is 0.533. The molecule has 94 valence electrons. The van der Waals surface area contributed by atoms with Crippen molar-refractivity contribution in [3.63, 3.8) is 0 Å². The first kappa shape index (κ1) is 13.8. The van der Waals surface area contributed by atoms with Gasteiger partial charge in [-0.05, 0) is 31.4 Å². The van der Waals surface area contributed by atoms with Crippen molar-refractivity contribution in [3.8, 4) is 5.75 Å². The molecule has 0 heterocycles. The third-order valence-electron chi connectivity index (χ3n) is 2.43. The molecule has 0 aliphatic rings. The molecule has 0 saturated carbocycles. The lowest BCUT2D eigenvalue weighted by molar-refractivity contribution is 0.0936. The quantitative estimate of drug-likeness (QED) is 0.736. The van der Waals surface area contributed by atoms with Crippen LogP contribution in [-0.2, 0) is 0 Å². The highest BCUT2D eigenvalue weighted by Crippen LogP contribution is 2.27. The molecule has 0 aliphatic heterocycles. The molecule has 0 unspecified atom stereocenters. The van der Waals surface area contributed by atoms with E-state index in [1.54, 1.807) is 0 Å². The van der Waals surface area contributed by atoms with Crippen molar-refractivity contribution in [3.05, 3.63) is 29.3 Å². The molecular formula is C15H22O2. The molecule has 1 aromatic rings. The number of Topliss-reactive ketones (excluding diaryl/α,β-unsaturated/α-hetero) is 1. The molecular weight excluding hydrogens is 212 g/mol. The maximum atomic E-state index is 12.2. The first-order valence-electron chi connectivity index (χ1n) is 6.10. The minimum Gasteiger partial charge on any atom is -0.493 e. The molecule has 0 fully saturated rings. The molecule has 0 aromatic heterocycles. The Bertz CT molecular complexity index is 400. The fourth-order valence-electron chi connectivity index (χ4n) is 1.72. The minimum absolute atomic E-state index is 0.00428. The van der Waals surface area contributed by atoms with Crippen LogP contribution in [0.5, 0.6) is 5.75 Å². The van der Waals surface area contributed by atoms with Gasteiger partial charge in [0.2, 0.25) is 0 Å². The molecule has 0 N–H and O–H groups in total. The number of ether oxygens (including phenoxy) is 1. The molecule has 1 rings (SSSR count). The number of aryl methyl sites for hydroxylation is 1. The third kappa shape index (κ3) is 4.22. The molecule has 0 radical (unpaired) electrons. The van der Waals surface area contributed by atoms with E-state index in [2.05, 4.69) is 20.8 Å². The van der Waals surface area contributed by atoms with E-state index in [1.807, 2.05) is 32.0 Å². The summed E-state index contributed by atoms with van der Waals surface area (Å²) >= 11 is 0. The van der Waals surface area contributed by atoms with Crippen LogP contribution in [-0.4, -0.2) is 12.4 Å². The SMILES string of the molecule is CCOc1ccc(C)cc1C(=O)CC(C)(C)C. The smallest absolute Gasteiger partial charge is 0.167 e. The van der Waals surface area contributed by atoms with Crippen LogP contribution in [0.15, 0.2) is 18.2 Å². The van der Waals surface area contributed by atoms with Crippen molar-refractivity contribution in [2.75, 3.05) is 6.61 Å². The highest BCUT2D eigenvalue weighted by molar-refractivity contribution is 5.99. The van der Waals surface area contributed by atoms with Gasteiger partial charge < -0.3 is 4.74 Å². The zero-order chi connectivity index (χ0) is 13.1. The number of hydrogen-bond donors (Lipinski definition) is 0. The maximum Gasteiger partial charge on any atom is 0.167 e. The van der Waals surface area contributed by atoms with E-state index in [0.29, 0.717) is 24.3 Å². The average molecular weight is 234 g/mol. The lowest BCUT2D eigenvalue weighted by Gasteiger charge is -2.18. The predicted molar refractivity (Wildman–Crippen MR) is 70.8 cm³/mol. The second-order valence-corrected chi connectivity index (χ2v) is 5.59. The van der Waals surface area contributed by atoms with E-state index >= 15 is 0 Å². The van der Waals surface area contributed by atoms with Crippen LogP contribution in [0.1, 0.15) is 50.0 Å². The Kier molecular flexibility index (Phi) is 4.33. The molecule has 17 heavy (non-hydrogen) atoms. The summed E-state index contributed by atoms with van der Waals surface area (Å²) in [5.74, 6) is 0.858. The first-order chi connectivity index (χ1) is 7.83. The zero-order valence-corrected chi connectivity index (χ0v) is 11.5. The van der Waals surface area contributed by atoms with Gasteiger partial charge in [-0.1, -0.05) is 32.4 Å². The average Bonchev–Trinajstić information content (AvgIpc) is 2.18. The number of ketones is 1. The Morgan fingerprint density at radius 1 is 1.29 bits per heavy atom. The van der Waals surface area contributed by atoms with Crippen molar-refractivity contribution in [2.24, 2.45) is 5.41 Å². The monoisotopic (exact) mass is 234 g/mol. The number of hydrogen-bond acceptors (Lipinski definition) is 2. The van der Waals surface area contributed by atoms with Crippen molar-refractivity contribution in [2.45, 2.75) is 41.0 Å². The second kappa shape index (κ2) is 5.35. The Morgan fingerprint density at radius 3 is 2.47 bits per heavy atom. The van der Waals surface area contributed by atoms with Crippen molar-refractivity contribution < 1.29 is 9.53 Å². The number of carbonyl (C=O) groups is 1. The van der Waals surface area contributed by atoms with Gasteiger partial charge in [0.15, 0.2) is 5.78 Å². The summed E-state index contributed by atoms with van der Waals surface area (Å²) in [5, 5.41) is 0. The molecule has 0 atom stereocenters. The van der Waals surface area contributed by atoms with Crippen LogP contribution in [0.25, 0.3) is 0 Å². The standard InChI is InChI=1S/C15H22O2/c1-6-17-14-8-7-11(2)9-12(14)13(16)10-15(3,4)5/h7-9H,6,10H2,1-5H3. The summed E-state index contributed by atoms with van der Waals surface area (Å²) in [5.41, 5.74) is 1.80. The summed E-state index contributed by atoms with van der Waals surface area (Å²) in [6.45, 7) is 10.7. The largest absolute Gasteiger partial charge is 0.493 e. The van der Waals surface area contributed by atoms with E-state index in [9.17, 15) is 4.79 Å². The first-order valence-corrected chi connectivity index (χ1v) is 6.10. The second-order valence-electron chi connectivity index (χ2n) is 5.59. The highest BCUT2D eigenvalue weighted by Gasteiger charge is 2.20. The van der Waals surface area contributed by atoms with Gasteiger partial charge in [0, 0.05) is 6.42 Å². The normalized spacial score (nSPS) is 11.4. The molecule has 0 aliphatic carbocycles. The van der Waals surface area contributed by atoms with Crippen LogP contribution in [0.3, 0.4) is 0 Å². The van der Waals surface area contributed by atoms with Crippen molar-refractivity contribution >= 4 is 5.78 Å². The van der Waals surface area contributed by atoms with Gasteiger partial charge in [-0.15, -0.1) is 0 Å². The molecule has 1 aromatic carbocycles. The molecule has 2 nitrogen and oxygen atoms in total. The summed E-state index contributed by atoms with van der Waals surface area (Å²) in [6.07, 6.45) is 0.538. The summed E-state index contributed by atoms with van der Waals surface area (Å²) in [4.78, 5) is 12.2. The summed E-state index contributed by atoms with van der Waals surface area (Å²) in [7, 11) is 0. The van der Waals surface area contributed by atoms with Crippen LogP contribution in [0.2, 0.25) is 0 Å². The van der Waals surface area contributed by atoms with Gasteiger partial charge in [-0.3, -0.25) is 4.79 Å². The molecule has 0 bridgehead atoms. The number of benzene rings is 1. The number of carbonyl (C=O) groups excluding carboxylic acids is 1. The van der Waals surface area contributed by atoms with Gasteiger partial charge in [0.1, 0.15) is 5.75 Å². The van der Waals surface area contributed by atoms with E-state index in [0.717, 1.165) is 5.56 Å². The number of rotatable bonds is 4. The van der Waals surface area contributed by atoms with Gasteiger partial charge in [-0.2, -0.15) is 0 Å². The molecule has 0 amide bonds. The lowest BCUT2D eigenvalue weighted by Crippen LogP contribution is -2.14. The molecule has 0 spiro atoms. The fourth-order valence-corrected chi connectivity index (χ4v) is 1.72. The van der Waals surface area contributed by atoms with Crippen molar-refractivity contribution in [1.29, 1.82) is 0 Å². The Balaban J connectivity index is 3.02. The Labute approximate surface area is 104 Å². The topological polar surface area (TPSA) is 26.3 Å². The van der Waals surface area contributed by atoms with E-state index in [1.165, 1.54) is 0 Å². The van der Waals surface area contributed by atoms with E-state index in [4.69, 9.17) is 4.74 Å². The summed E-state index contributed by atoms with van der Waals surface area (Å²) < 4.78 is 5.51. The van der Waals surface area contributed by atoms with Crippen LogP contribution >= 0.6 is 0 Å².